The molecule has 1 heterocycles. The molecule has 0 unspecified atom stereocenters. The Morgan fingerprint density at radius 2 is 1.26 bits per heavy atom. The number of aromatic hydroxyl groups is 6. The van der Waals surface area contributed by atoms with Gasteiger partial charge in [-0.3, -0.25) is 0 Å². The molecule has 0 radical (unpaired) electrons. The number of rotatable bonds is 6. The van der Waals surface area contributed by atoms with E-state index in [4.69, 9.17) is 18.9 Å². The summed E-state index contributed by atoms with van der Waals surface area (Å²) < 4.78 is 20.6. The monoisotopic (exact) mass is 498 g/mol. The zero-order valence-electron chi connectivity index (χ0n) is 17.9. The molecule has 190 valence electrons. The normalized spacial score (nSPS) is 24.0. The molecule has 1 fully saturated rings. The molecule has 1 saturated heterocycles. The molecule has 0 aliphatic carbocycles. The topological polar surface area (TPSA) is 233 Å². The van der Waals surface area contributed by atoms with Crippen LogP contribution in [-0.4, -0.2) is 97.2 Å². The van der Waals surface area contributed by atoms with E-state index in [1.807, 2.05) is 0 Å². The number of phenols is 6. The molecular formula is C21H22O14. The maximum atomic E-state index is 12.5. The molecule has 14 nitrogen and oxygen atoms in total. The predicted molar refractivity (Wildman–Crippen MR) is 110 cm³/mol. The first-order valence-electron chi connectivity index (χ1n) is 9.87. The lowest BCUT2D eigenvalue weighted by Gasteiger charge is -2.41. The summed E-state index contributed by atoms with van der Waals surface area (Å²) >= 11 is 0. The van der Waals surface area contributed by atoms with Crippen LogP contribution < -0.4 is 0 Å². The Bertz CT molecular complexity index is 1070. The molecule has 0 spiro atoms. The molecule has 3 rings (SSSR count). The van der Waals surface area contributed by atoms with E-state index in [1.54, 1.807) is 0 Å². The molecule has 0 bridgehead atoms. The van der Waals surface area contributed by atoms with Gasteiger partial charge in [-0.05, 0) is 24.3 Å². The van der Waals surface area contributed by atoms with Crippen LogP contribution in [0.15, 0.2) is 24.3 Å². The van der Waals surface area contributed by atoms with Crippen LogP contribution >= 0.6 is 0 Å². The lowest BCUT2D eigenvalue weighted by molar-refractivity contribution is -0.290. The average molecular weight is 498 g/mol. The van der Waals surface area contributed by atoms with Crippen molar-refractivity contribution < 1.29 is 69.4 Å². The second-order valence-corrected chi connectivity index (χ2v) is 7.45. The van der Waals surface area contributed by atoms with Gasteiger partial charge in [0.15, 0.2) is 34.5 Å². The molecule has 14 heteroatoms. The van der Waals surface area contributed by atoms with E-state index in [0.717, 1.165) is 31.4 Å². The number of aliphatic hydroxyl groups is 2. The lowest BCUT2D eigenvalue weighted by Crippen LogP contribution is -2.60. The fraction of sp³-hybridized carbons (Fsp3) is 0.333. The molecule has 35 heavy (non-hydrogen) atoms. The highest BCUT2D eigenvalue weighted by molar-refractivity contribution is 5.91. The van der Waals surface area contributed by atoms with Crippen LogP contribution in [0.1, 0.15) is 20.7 Å². The van der Waals surface area contributed by atoms with Gasteiger partial charge in [-0.2, -0.15) is 0 Å². The molecule has 1 aliphatic heterocycles. The first-order chi connectivity index (χ1) is 16.4. The molecule has 8 N–H and O–H groups in total. The van der Waals surface area contributed by atoms with Crippen molar-refractivity contribution in [2.45, 2.75) is 30.7 Å². The fourth-order valence-electron chi connectivity index (χ4n) is 3.25. The molecule has 2 aromatic carbocycles. The number of phenolic OH excluding ortho intramolecular Hbond substituents is 6. The Balaban J connectivity index is 1.73. The van der Waals surface area contributed by atoms with E-state index in [0.29, 0.717) is 0 Å². The van der Waals surface area contributed by atoms with Crippen molar-refractivity contribution in [1.82, 2.24) is 0 Å². The average Bonchev–Trinajstić information content (AvgIpc) is 2.81. The first-order valence-corrected chi connectivity index (χ1v) is 9.87. The largest absolute Gasteiger partial charge is 0.504 e. The van der Waals surface area contributed by atoms with Gasteiger partial charge in [0, 0.05) is 7.11 Å². The quantitative estimate of drug-likeness (QED) is 0.183. The lowest BCUT2D eigenvalue weighted by atomic mass is 9.99. The summed E-state index contributed by atoms with van der Waals surface area (Å²) in [4.78, 5) is 24.7. The number of carbonyl (C=O) groups excluding carboxylic acids is 2. The molecular weight excluding hydrogens is 476 g/mol. The highest BCUT2D eigenvalue weighted by Gasteiger charge is 2.47. The van der Waals surface area contributed by atoms with Crippen LogP contribution in [0.2, 0.25) is 0 Å². The van der Waals surface area contributed by atoms with Gasteiger partial charge < -0.3 is 59.8 Å². The van der Waals surface area contributed by atoms with E-state index in [2.05, 4.69) is 0 Å². The van der Waals surface area contributed by atoms with E-state index in [-0.39, 0.29) is 5.56 Å². The van der Waals surface area contributed by atoms with Crippen LogP contribution in [0, 0.1) is 0 Å². The summed E-state index contributed by atoms with van der Waals surface area (Å²) in [7, 11) is 1.13. The van der Waals surface area contributed by atoms with Gasteiger partial charge in [0.2, 0.25) is 6.29 Å². The molecule has 0 amide bonds. The van der Waals surface area contributed by atoms with Gasteiger partial charge in [-0.1, -0.05) is 0 Å². The number of aliphatic hydroxyl groups excluding tert-OH is 2. The van der Waals surface area contributed by atoms with Crippen molar-refractivity contribution in [2.24, 2.45) is 0 Å². The zero-order chi connectivity index (χ0) is 26.0. The van der Waals surface area contributed by atoms with Crippen LogP contribution in [0.25, 0.3) is 0 Å². The van der Waals surface area contributed by atoms with Crippen LogP contribution in [0.3, 0.4) is 0 Å². The summed E-state index contributed by atoms with van der Waals surface area (Å²) in [5.41, 5.74) is -0.750. The standard InChI is InChI=1S/C21H22O14/c1-32-18-17(29)16(28)13(6-33-19(30)7-2-9(22)14(26)10(23)3-7)34-21(18)35-20(31)8-4-11(24)15(27)12(25)5-8/h2-5,13,16-18,21-29H,6H2,1H3/t13-,16-,17+,18-,21+/m1/s1. The zero-order valence-corrected chi connectivity index (χ0v) is 17.9. The third-order valence-corrected chi connectivity index (χ3v) is 5.13. The number of methoxy groups -OCH3 is 1. The van der Waals surface area contributed by atoms with Gasteiger partial charge in [0.1, 0.15) is 31.0 Å². The number of carbonyl (C=O) groups is 2. The smallest absolute Gasteiger partial charge is 0.340 e. The van der Waals surface area contributed by atoms with Gasteiger partial charge in [-0.15, -0.1) is 0 Å². The van der Waals surface area contributed by atoms with Crippen molar-refractivity contribution in [3.05, 3.63) is 35.4 Å². The Hall–Kier alpha value is -3.98. The first kappa shape index (κ1) is 25.6. The number of esters is 2. The van der Waals surface area contributed by atoms with Crippen molar-refractivity contribution >= 4 is 11.9 Å². The Morgan fingerprint density at radius 3 is 1.71 bits per heavy atom. The summed E-state index contributed by atoms with van der Waals surface area (Å²) in [6.45, 7) is -0.690. The van der Waals surface area contributed by atoms with Crippen molar-refractivity contribution in [3.8, 4) is 34.5 Å². The summed E-state index contributed by atoms with van der Waals surface area (Å²) in [5.74, 6) is -7.17. The predicted octanol–water partition coefficient (Wildman–Crippen LogP) is -0.604. The van der Waals surface area contributed by atoms with Crippen molar-refractivity contribution in [1.29, 1.82) is 0 Å². The van der Waals surface area contributed by atoms with Crippen molar-refractivity contribution in [3.63, 3.8) is 0 Å². The van der Waals surface area contributed by atoms with Gasteiger partial charge in [0.05, 0.1) is 11.1 Å². The molecule has 1 aliphatic rings. The minimum atomic E-state index is -1.68. The number of hydrogen-bond donors (Lipinski definition) is 8. The summed E-state index contributed by atoms with van der Waals surface area (Å²) in [5, 5.41) is 77.7. The highest BCUT2D eigenvalue weighted by Crippen LogP contribution is 2.37. The molecule has 0 saturated carbocycles. The van der Waals surface area contributed by atoms with Crippen molar-refractivity contribution in [2.75, 3.05) is 13.7 Å². The third-order valence-electron chi connectivity index (χ3n) is 5.13. The minimum Gasteiger partial charge on any atom is -0.504 e. The molecule has 0 aromatic heterocycles. The highest BCUT2D eigenvalue weighted by atomic mass is 16.7. The minimum absolute atomic E-state index is 0.353. The fourth-order valence-corrected chi connectivity index (χ4v) is 3.25. The Labute approximate surface area is 196 Å². The van der Waals surface area contributed by atoms with E-state index in [1.165, 1.54) is 0 Å². The van der Waals surface area contributed by atoms with E-state index in [9.17, 15) is 50.4 Å². The van der Waals surface area contributed by atoms with Gasteiger partial charge >= 0.3 is 11.9 Å². The molecule has 2 aromatic rings. The maximum absolute atomic E-state index is 12.5. The van der Waals surface area contributed by atoms with Gasteiger partial charge in [-0.25, -0.2) is 9.59 Å². The number of ether oxygens (including phenoxy) is 4. The second kappa shape index (κ2) is 10.1. The van der Waals surface area contributed by atoms with E-state index < -0.39 is 89.3 Å². The van der Waals surface area contributed by atoms with Crippen LogP contribution in [0.4, 0.5) is 0 Å². The van der Waals surface area contributed by atoms with Crippen LogP contribution in [-0.2, 0) is 18.9 Å². The van der Waals surface area contributed by atoms with Gasteiger partial charge in [0.25, 0.3) is 0 Å². The third kappa shape index (κ3) is 5.25. The maximum Gasteiger partial charge on any atom is 0.340 e. The molecule has 5 atom stereocenters. The Kier molecular flexibility index (Phi) is 7.40. The van der Waals surface area contributed by atoms with Crippen LogP contribution in [0.5, 0.6) is 34.5 Å². The SMILES string of the molecule is CO[C@H]1[C@H](OC(=O)c2cc(O)c(O)c(O)c2)O[C@H](COC(=O)c2cc(O)c(O)c(O)c2)[C@@H](O)[C@@H]1O. The Morgan fingerprint density at radius 1 is 0.800 bits per heavy atom. The van der Waals surface area contributed by atoms with E-state index >= 15 is 0 Å². The number of benzene rings is 2. The summed E-state index contributed by atoms with van der Waals surface area (Å²) in [6.07, 6.45) is -7.86. The second-order valence-electron chi connectivity index (χ2n) is 7.45. The summed E-state index contributed by atoms with van der Waals surface area (Å²) in [6, 6.07) is 3.24. The number of hydrogen-bond acceptors (Lipinski definition) is 14.